The summed E-state index contributed by atoms with van der Waals surface area (Å²) in [7, 11) is 0. The molecule has 6 heteroatoms. The van der Waals surface area contributed by atoms with Gasteiger partial charge < -0.3 is 11.1 Å². The van der Waals surface area contributed by atoms with Crippen LogP contribution in [0.3, 0.4) is 0 Å². The Balaban J connectivity index is 2.61. The van der Waals surface area contributed by atoms with Crippen LogP contribution in [0, 0.1) is 0 Å². The van der Waals surface area contributed by atoms with Gasteiger partial charge in [-0.1, -0.05) is 30.3 Å². The van der Waals surface area contributed by atoms with E-state index in [0.29, 0.717) is 19.5 Å². The highest BCUT2D eigenvalue weighted by atomic mass is 19.4. The summed E-state index contributed by atoms with van der Waals surface area (Å²) in [6.07, 6.45) is -3.61. The van der Waals surface area contributed by atoms with Gasteiger partial charge in [0.15, 0.2) is 0 Å². The molecule has 0 aliphatic heterocycles. The molecule has 112 valence electrons. The van der Waals surface area contributed by atoms with Gasteiger partial charge in [0.05, 0.1) is 5.92 Å². The summed E-state index contributed by atoms with van der Waals surface area (Å²) < 4.78 is 39.0. The van der Waals surface area contributed by atoms with Crippen molar-refractivity contribution in [1.29, 1.82) is 0 Å². The van der Waals surface area contributed by atoms with Gasteiger partial charge in [-0.15, -0.1) is 0 Å². The van der Waals surface area contributed by atoms with Crippen molar-refractivity contribution < 1.29 is 18.0 Å². The average molecular weight is 288 g/mol. The number of nitrogens with one attached hydrogen (secondary N) is 1. The number of carbonyl (C=O) groups excluding carboxylic acids is 1. The molecule has 0 saturated carbocycles. The first-order chi connectivity index (χ1) is 9.45. The third-order valence-corrected chi connectivity index (χ3v) is 2.94. The number of alkyl halides is 3. The van der Waals surface area contributed by atoms with Crippen molar-refractivity contribution in [3.8, 4) is 0 Å². The van der Waals surface area contributed by atoms with Crippen LogP contribution in [0.4, 0.5) is 13.2 Å². The molecule has 0 bridgehead atoms. The van der Waals surface area contributed by atoms with Crippen molar-refractivity contribution in [3.05, 3.63) is 35.9 Å². The van der Waals surface area contributed by atoms with Gasteiger partial charge in [-0.25, -0.2) is 0 Å². The first-order valence-corrected chi connectivity index (χ1v) is 6.53. The fourth-order valence-electron chi connectivity index (χ4n) is 1.86. The van der Waals surface area contributed by atoms with Gasteiger partial charge >= 0.3 is 6.18 Å². The summed E-state index contributed by atoms with van der Waals surface area (Å²) in [5.74, 6) is -2.36. The summed E-state index contributed by atoms with van der Waals surface area (Å²) in [5.41, 5.74) is 5.41. The van der Waals surface area contributed by atoms with Gasteiger partial charge in [0.25, 0.3) is 0 Å². The number of halogens is 3. The molecule has 0 aromatic heterocycles. The Kier molecular flexibility index (Phi) is 6.51. The highest BCUT2D eigenvalue weighted by Crippen LogP contribution is 2.37. The molecule has 0 aliphatic carbocycles. The van der Waals surface area contributed by atoms with Crippen molar-refractivity contribution in [2.45, 2.75) is 31.4 Å². The maximum atomic E-state index is 13.0. The maximum absolute atomic E-state index is 13.0. The molecular weight excluding hydrogens is 269 g/mol. The number of rotatable bonds is 7. The first-order valence-electron chi connectivity index (χ1n) is 6.53. The summed E-state index contributed by atoms with van der Waals surface area (Å²) in [6, 6.07) is 7.49. The molecule has 1 atom stereocenters. The number of hydrogen-bond donors (Lipinski definition) is 2. The van der Waals surface area contributed by atoms with E-state index < -0.39 is 24.4 Å². The van der Waals surface area contributed by atoms with Crippen LogP contribution in [0.25, 0.3) is 0 Å². The second-order valence-corrected chi connectivity index (χ2v) is 4.55. The van der Waals surface area contributed by atoms with Crippen molar-refractivity contribution in [3.63, 3.8) is 0 Å². The lowest BCUT2D eigenvalue weighted by molar-refractivity contribution is -0.157. The number of nitrogens with two attached hydrogens (primary N) is 1. The van der Waals surface area contributed by atoms with Crippen LogP contribution in [0.5, 0.6) is 0 Å². The fourth-order valence-corrected chi connectivity index (χ4v) is 1.86. The Morgan fingerprint density at radius 1 is 1.20 bits per heavy atom. The van der Waals surface area contributed by atoms with E-state index in [0.717, 1.165) is 6.42 Å². The van der Waals surface area contributed by atoms with E-state index in [1.54, 1.807) is 6.07 Å². The predicted octanol–water partition coefficient (Wildman–Crippen LogP) is 2.58. The minimum Gasteiger partial charge on any atom is -0.356 e. The molecule has 0 fully saturated rings. The van der Waals surface area contributed by atoms with Crippen molar-refractivity contribution >= 4 is 5.91 Å². The zero-order valence-corrected chi connectivity index (χ0v) is 11.1. The van der Waals surface area contributed by atoms with E-state index in [2.05, 4.69) is 5.32 Å². The lowest BCUT2D eigenvalue weighted by Gasteiger charge is -2.20. The zero-order valence-electron chi connectivity index (χ0n) is 11.1. The number of carbonyl (C=O) groups is 1. The molecule has 1 aromatic rings. The molecule has 20 heavy (non-hydrogen) atoms. The zero-order chi connectivity index (χ0) is 15.0. The molecule has 1 aromatic carbocycles. The van der Waals surface area contributed by atoms with Gasteiger partial charge in [-0.05, 0) is 24.9 Å². The summed E-state index contributed by atoms with van der Waals surface area (Å²) in [6.45, 7) is 0.862. The predicted molar refractivity (Wildman–Crippen MR) is 71.2 cm³/mol. The Morgan fingerprint density at radius 2 is 1.85 bits per heavy atom. The molecule has 0 saturated heterocycles. The van der Waals surface area contributed by atoms with Gasteiger partial charge in [0, 0.05) is 13.0 Å². The average Bonchev–Trinajstić information content (AvgIpc) is 2.41. The molecule has 1 rings (SSSR count). The number of unbranched alkanes of at least 4 members (excludes halogenated alkanes) is 1. The van der Waals surface area contributed by atoms with E-state index >= 15 is 0 Å². The van der Waals surface area contributed by atoms with Crippen LogP contribution in [-0.4, -0.2) is 25.2 Å². The lowest BCUT2D eigenvalue weighted by atomic mass is 9.95. The van der Waals surface area contributed by atoms with E-state index in [1.165, 1.54) is 24.3 Å². The van der Waals surface area contributed by atoms with E-state index in [1.807, 2.05) is 0 Å². The molecule has 0 aliphatic rings. The molecule has 0 heterocycles. The quantitative estimate of drug-likeness (QED) is 0.758. The smallest absolute Gasteiger partial charge is 0.356 e. The second-order valence-electron chi connectivity index (χ2n) is 4.55. The number of amides is 1. The third kappa shape index (κ3) is 5.61. The molecule has 3 N–H and O–H groups in total. The van der Waals surface area contributed by atoms with Crippen LogP contribution in [0.1, 0.15) is 30.7 Å². The Bertz CT molecular complexity index is 407. The number of hydrogen-bond acceptors (Lipinski definition) is 2. The highest BCUT2D eigenvalue weighted by Gasteiger charge is 2.41. The topological polar surface area (TPSA) is 55.1 Å². The van der Waals surface area contributed by atoms with Gasteiger partial charge in [-0.2, -0.15) is 13.2 Å². The second kappa shape index (κ2) is 7.89. The SMILES string of the molecule is NCCCCNC(=O)CC(c1ccccc1)C(F)(F)F. The van der Waals surface area contributed by atoms with Crippen molar-refractivity contribution in [2.24, 2.45) is 5.73 Å². The van der Waals surface area contributed by atoms with E-state index in [9.17, 15) is 18.0 Å². The lowest BCUT2D eigenvalue weighted by Crippen LogP contribution is -2.31. The summed E-state index contributed by atoms with van der Waals surface area (Å²) >= 11 is 0. The normalized spacial score (nSPS) is 13.0. The largest absolute Gasteiger partial charge is 0.396 e. The monoisotopic (exact) mass is 288 g/mol. The van der Waals surface area contributed by atoms with Crippen LogP contribution in [0.15, 0.2) is 30.3 Å². The van der Waals surface area contributed by atoms with Crippen LogP contribution >= 0.6 is 0 Å². The fraction of sp³-hybridized carbons (Fsp3) is 0.500. The first kappa shape index (κ1) is 16.5. The van der Waals surface area contributed by atoms with Crippen LogP contribution in [-0.2, 0) is 4.79 Å². The molecule has 1 unspecified atom stereocenters. The van der Waals surface area contributed by atoms with Crippen molar-refractivity contribution in [2.75, 3.05) is 13.1 Å². The van der Waals surface area contributed by atoms with Gasteiger partial charge in [0.1, 0.15) is 0 Å². The molecule has 1 amide bonds. The van der Waals surface area contributed by atoms with E-state index in [4.69, 9.17) is 5.73 Å². The minimum absolute atomic E-state index is 0.108. The third-order valence-electron chi connectivity index (χ3n) is 2.94. The Labute approximate surface area is 116 Å². The molecule has 0 spiro atoms. The summed E-state index contributed by atoms with van der Waals surface area (Å²) in [4.78, 5) is 11.6. The molecular formula is C14H19F3N2O. The Morgan fingerprint density at radius 3 is 2.40 bits per heavy atom. The minimum atomic E-state index is -4.43. The standard InChI is InChI=1S/C14H19F3N2O/c15-14(16,17)12(11-6-2-1-3-7-11)10-13(20)19-9-5-4-8-18/h1-3,6-7,12H,4-5,8-10,18H2,(H,19,20). The number of benzene rings is 1. The Hall–Kier alpha value is -1.56. The van der Waals surface area contributed by atoms with Gasteiger partial charge in [-0.3, -0.25) is 4.79 Å². The van der Waals surface area contributed by atoms with Crippen LogP contribution in [0.2, 0.25) is 0 Å². The van der Waals surface area contributed by atoms with Gasteiger partial charge in [0.2, 0.25) is 5.91 Å². The van der Waals surface area contributed by atoms with Crippen molar-refractivity contribution in [1.82, 2.24) is 5.32 Å². The van der Waals surface area contributed by atoms with E-state index in [-0.39, 0.29) is 5.56 Å². The van der Waals surface area contributed by atoms with Crippen LogP contribution < -0.4 is 11.1 Å². The maximum Gasteiger partial charge on any atom is 0.396 e. The molecule has 0 radical (unpaired) electrons. The molecule has 3 nitrogen and oxygen atoms in total. The highest BCUT2D eigenvalue weighted by molar-refractivity contribution is 5.77. The summed E-state index contributed by atoms with van der Waals surface area (Å²) in [5, 5.41) is 2.50.